The Kier molecular flexibility index (Phi) is 4.09. The number of pyridine rings is 1. The van der Waals surface area contributed by atoms with E-state index in [2.05, 4.69) is 25.7 Å². The first-order chi connectivity index (χ1) is 8.06. The van der Waals surface area contributed by atoms with E-state index in [1.165, 1.54) is 6.07 Å². The Morgan fingerprint density at radius 1 is 1.50 bits per heavy atom. The van der Waals surface area contributed by atoms with Crippen molar-refractivity contribution in [2.75, 3.05) is 0 Å². The number of halogens is 5. The van der Waals surface area contributed by atoms with Crippen molar-refractivity contribution in [1.82, 2.24) is 4.98 Å². The molecule has 0 aliphatic rings. The molecule has 98 valence electrons. The van der Waals surface area contributed by atoms with Gasteiger partial charge in [0.25, 0.3) is 9.05 Å². The third kappa shape index (κ3) is 3.47. The number of nitrogens with zero attached hydrogens (tertiary/aromatic N) is 2. The molecule has 0 saturated heterocycles. The van der Waals surface area contributed by atoms with Gasteiger partial charge in [0.05, 0.1) is 10.7 Å². The Labute approximate surface area is 112 Å². The summed E-state index contributed by atoms with van der Waals surface area (Å²) in [7, 11) is 0.544. The molecule has 1 aromatic rings. The minimum atomic E-state index is -5.04. The van der Waals surface area contributed by atoms with Gasteiger partial charge in [-0.2, -0.15) is 5.26 Å². The zero-order valence-corrected chi connectivity index (χ0v) is 11.2. The summed E-state index contributed by atoms with van der Waals surface area (Å²) < 4.78 is 61.3. The van der Waals surface area contributed by atoms with E-state index in [0.29, 0.717) is 6.20 Å². The lowest BCUT2D eigenvalue weighted by Crippen LogP contribution is -2.18. The molecule has 0 fully saturated rings. The smallest absolute Gasteiger partial charge is 0.403 e. The summed E-state index contributed by atoms with van der Waals surface area (Å²) >= 11 is 2.58. The van der Waals surface area contributed by atoms with E-state index in [-0.39, 0.29) is 0 Å². The molecule has 1 aromatic heterocycles. The molecule has 0 amide bonds. The number of alkyl halides is 3. The monoisotopic (exact) mass is 364 g/mol. The van der Waals surface area contributed by atoms with Crippen LogP contribution in [0.15, 0.2) is 15.6 Å². The van der Waals surface area contributed by atoms with Crippen molar-refractivity contribution in [1.29, 1.82) is 5.26 Å². The summed E-state index contributed by atoms with van der Waals surface area (Å²) in [6.45, 7) is 0. The van der Waals surface area contributed by atoms with Gasteiger partial charge in [-0.15, -0.1) is 13.2 Å². The number of rotatable bonds is 2. The highest BCUT2D eigenvalue weighted by molar-refractivity contribution is 9.10. The number of hydrogen-bond acceptors (Lipinski definition) is 5. The number of ether oxygens (including phenoxy) is 1. The molecule has 5 nitrogen and oxygen atoms in total. The predicted molar refractivity (Wildman–Crippen MR) is 56.4 cm³/mol. The summed E-state index contributed by atoms with van der Waals surface area (Å²) in [5.74, 6) is -0.916. The van der Waals surface area contributed by atoms with Crippen molar-refractivity contribution in [3.05, 3.63) is 16.4 Å². The van der Waals surface area contributed by atoms with Gasteiger partial charge in [0, 0.05) is 10.7 Å². The molecule has 0 saturated carbocycles. The van der Waals surface area contributed by atoms with Crippen molar-refractivity contribution in [3.63, 3.8) is 0 Å². The number of aromatic nitrogens is 1. The van der Waals surface area contributed by atoms with E-state index in [1.807, 2.05) is 0 Å². The van der Waals surface area contributed by atoms with Crippen LogP contribution in [0.3, 0.4) is 0 Å². The second-order valence-corrected chi connectivity index (χ2v) is 6.01. The van der Waals surface area contributed by atoms with Crippen LogP contribution >= 0.6 is 26.6 Å². The molecule has 1 rings (SSSR count). The quantitative estimate of drug-likeness (QED) is 0.753. The maximum atomic E-state index is 12.0. The summed E-state index contributed by atoms with van der Waals surface area (Å²) in [6, 6.07) is 1.39. The van der Waals surface area contributed by atoms with Gasteiger partial charge in [-0.05, 0) is 15.9 Å². The van der Waals surface area contributed by atoms with E-state index >= 15 is 0 Å². The first kappa shape index (κ1) is 15.0. The average Bonchev–Trinajstić information content (AvgIpc) is 2.16. The Hall–Kier alpha value is -1.05. The first-order valence-corrected chi connectivity index (χ1v) is 6.95. The van der Waals surface area contributed by atoms with E-state index in [4.69, 9.17) is 15.9 Å². The van der Waals surface area contributed by atoms with Crippen molar-refractivity contribution in [2.45, 2.75) is 11.3 Å². The van der Waals surface area contributed by atoms with Gasteiger partial charge in [0.2, 0.25) is 0 Å². The Morgan fingerprint density at radius 3 is 2.44 bits per heavy atom. The van der Waals surface area contributed by atoms with Gasteiger partial charge in [0.15, 0.2) is 11.4 Å². The molecular weight excluding hydrogens is 365 g/mol. The lowest BCUT2D eigenvalue weighted by molar-refractivity contribution is -0.275. The van der Waals surface area contributed by atoms with Crippen LogP contribution in [0.2, 0.25) is 0 Å². The maximum Gasteiger partial charge on any atom is 0.573 e. The fraction of sp³-hybridized carbons (Fsp3) is 0.143. The molecule has 18 heavy (non-hydrogen) atoms. The number of nitriles is 1. The van der Waals surface area contributed by atoms with Crippen LogP contribution in [0.1, 0.15) is 5.69 Å². The standard InChI is InChI=1S/C7HBrClF3N2O3S/c8-5-4(17-7(10,11)12)2-14-3(1-13)6(5)18(9,15)16/h2H. The summed E-state index contributed by atoms with van der Waals surface area (Å²) in [6.07, 6.45) is -4.48. The maximum absolute atomic E-state index is 12.0. The minimum absolute atomic E-state index is 0.557. The van der Waals surface area contributed by atoms with Crippen LogP contribution in [0.5, 0.6) is 5.75 Å². The molecule has 0 aliphatic heterocycles. The zero-order valence-electron chi connectivity index (χ0n) is 7.99. The molecular formula is C7HBrClF3N2O3S. The first-order valence-electron chi connectivity index (χ1n) is 3.85. The summed E-state index contributed by atoms with van der Waals surface area (Å²) in [4.78, 5) is 2.35. The van der Waals surface area contributed by atoms with Crippen LogP contribution in [0.4, 0.5) is 13.2 Å². The average molecular weight is 366 g/mol. The minimum Gasteiger partial charge on any atom is -0.403 e. The van der Waals surface area contributed by atoms with Crippen molar-refractivity contribution in [2.24, 2.45) is 0 Å². The Bertz CT molecular complexity index is 626. The second-order valence-electron chi connectivity index (χ2n) is 2.71. The van der Waals surface area contributed by atoms with E-state index in [9.17, 15) is 21.6 Å². The Morgan fingerprint density at radius 2 is 2.06 bits per heavy atom. The van der Waals surface area contributed by atoms with Crippen molar-refractivity contribution < 1.29 is 26.3 Å². The van der Waals surface area contributed by atoms with Gasteiger partial charge in [0.1, 0.15) is 11.0 Å². The molecule has 0 radical (unpaired) electrons. The highest BCUT2D eigenvalue weighted by Gasteiger charge is 2.34. The molecule has 0 aromatic carbocycles. The molecule has 0 atom stereocenters. The van der Waals surface area contributed by atoms with Crippen LogP contribution in [-0.2, 0) is 9.05 Å². The predicted octanol–water partition coefficient (Wildman–Crippen LogP) is 2.54. The topological polar surface area (TPSA) is 80.0 Å². The summed E-state index contributed by atoms with van der Waals surface area (Å²) in [5, 5.41) is 8.61. The summed E-state index contributed by atoms with van der Waals surface area (Å²) in [5.41, 5.74) is -0.647. The lowest BCUT2D eigenvalue weighted by atomic mass is 10.3. The third-order valence-electron chi connectivity index (χ3n) is 1.52. The van der Waals surface area contributed by atoms with Gasteiger partial charge >= 0.3 is 6.36 Å². The van der Waals surface area contributed by atoms with Crippen molar-refractivity contribution >= 4 is 35.7 Å². The highest BCUT2D eigenvalue weighted by Crippen LogP contribution is 2.37. The van der Waals surface area contributed by atoms with Crippen LogP contribution < -0.4 is 4.74 Å². The fourth-order valence-corrected chi connectivity index (χ4v) is 3.34. The SMILES string of the molecule is N#Cc1ncc(OC(F)(F)F)c(Br)c1S(=O)(=O)Cl. The van der Waals surface area contributed by atoms with E-state index < -0.39 is 36.2 Å². The molecule has 0 aliphatic carbocycles. The zero-order chi connectivity index (χ0) is 14.1. The molecule has 0 unspecified atom stereocenters. The van der Waals surface area contributed by atoms with Gasteiger partial charge in [-0.1, -0.05) is 0 Å². The van der Waals surface area contributed by atoms with Crippen LogP contribution in [0.25, 0.3) is 0 Å². The molecule has 0 N–H and O–H groups in total. The largest absolute Gasteiger partial charge is 0.573 e. The van der Waals surface area contributed by atoms with Crippen LogP contribution in [-0.4, -0.2) is 19.8 Å². The lowest BCUT2D eigenvalue weighted by Gasteiger charge is -2.12. The molecule has 0 spiro atoms. The van der Waals surface area contributed by atoms with Crippen molar-refractivity contribution in [3.8, 4) is 11.8 Å². The van der Waals surface area contributed by atoms with Crippen LogP contribution in [0, 0.1) is 11.3 Å². The molecule has 11 heteroatoms. The molecule has 1 heterocycles. The Balaban J connectivity index is 3.51. The normalized spacial score (nSPS) is 12.0. The van der Waals surface area contributed by atoms with Gasteiger partial charge in [-0.25, -0.2) is 13.4 Å². The third-order valence-corrected chi connectivity index (χ3v) is 3.91. The van der Waals surface area contributed by atoms with E-state index in [1.54, 1.807) is 0 Å². The number of hydrogen-bond donors (Lipinski definition) is 0. The fourth-order valence-electron chi connectivity index (χ4n) is 0.952. The highest BCUT2D eigenvalue weighted by atomic mass is 79.9. The van der Waals surface area contributed by atoms with Gasteiger partial charge < -0.3 is 4.74 Å². The van der Waals surface area contributed by atoms with Gasteiger partial charge in [-0.3, -0.25) is 0 Å². The van der Waals surface area contributed by atoms with E-state index in [0.717, 1.165) is 0 Å². The molecule has 0 bridgehead atoms. The second kappa shape index (κ2) is 4.91.